The summed E-state index contributed by atoms with van der Waals surface area (Å²) in [5, 5.41) is 22.1. The Bertz CT molecular complexity index is 1980. The van der Waals surface area contributed by atoms with Crippen LogP contribution in [0, 0.1) is 11.3 Å². The Morgan fingerprint density at radius 2 is 1.32 bits per heavy atom. The molecule has 6 aromatic rings. The molecule has 6 rings (SSSR count). The predicted octanol–water partition coefficient (Wildman–Crippen LogP) is 9.26. The van der Waals surface area contributed by atoms with E-state index in [9.17, 15) is 10.1 Å². The van der Waals surface area contributed by atoms with Gasteiger partial charge >= 0.3 is 0 Å². The van der Waals surface area contributed by atoms with E-state index in [1.54, 1.807) is 0 Å². The molecular weight excluding hydrogens is 702 g/mol. The Hall–Kier alpha value is -4.56. The van der Waals surface area contributed by atoms with Gasteiger partial charge in [0.2, 0.25) is 16.9 Å². The minimum Gasteiger partial charge on any atom is -0.438 e. The van der Waals surface area contributed by atoms with Crippen molar-refractivity contribution >= 4 is 55.4 Å². The normalized spacial score (nSPS) is 10.8. The Balaban J connectivity index is 1.27. The van der Waals surface area contributed by atoms with E-state index in [-0.39, 0.29) is 23.1 Å². The average Bonchev–Trinajstić information content (AvgIpc) is 3.43. The fourth-order valence-electron chi connectivity index (χ4n) is 4.58. The SMILES string of the molecule is N#Cc1c(NC(=O)CSc2nnc(-c3ccc(Br)cc3)c(-c3ccc(Br)cc3)n2)oc(-c2ccccc2)c1-c1ccccc1. The molecular formula is C34H21Br2N5O2S. The third kappa shape index (κ3) is 6.50. The van der Waals surface area contributed by atoms with Crippen LogP contribution < -0.4 is 5.32 Å². The number of carbonyl (C=O) groups excluding carboxylic acids is 1. The second-order valence-electron chi connectivity index (χ2n) is 9.50. The molecule has 0 radical (unpaired) electrons. The molecule has 0 aliphatic carbocycles. The fraction of sp³-hybridized carbons (Fsp3) is 0.0294. The second-order valence-corrected chi connectivity index (χ2v) is 12.3. The molecule has 0 atom stereocenters. The minimum atomic E-state index is -0.370. The van der Waals surface area contributed by atoms with Gasteiger partial charge in [-0.2, -0.15) is 5.26 Å². The summed E-state index contributed by atoms with van der Waals surface area (Å²) in [6, 6.07) is 36.8. The van der Waals surface area contributed by atoms with Gasteiger partial charge in [-0.1, -0.05) is 129 Å². The summed E-state index contributed by atoms with van der Waals surface area (Å²) < 4.78 is 8.04. The third-order valence-corrected chi connectivity index (χ3v) is 8.50. The van der Waals surface area contributed by atoms with Crippen molar-refractivity contribution < 1.29 is 9.21 Å². The molecule has 0 aliphatic rings. The maximum Gasteiger partial charge on any atom is 0.237 e. The number of carbonyl (C=O) groups is 1. The fourth-order valence-corrected chi connectivity index (χ4v) is 5.69. The first kappa shape index (κ1) is 29.5. The van der Waals surface area contributed by atoms with Gasteiger partial charge in [-0.3, -0.25) is 10.1 Å². The largest absolute Gasteiger partial charge is 0.438 e. The van der Waals surface area contributed by atoms with Crippen molar-refractivity contribution in [3.05, 3.63) is 124 Å². The van der Waals surface area contributed by atoms with Gasteiger partial charge in [0, 0.05) is 31.2 Å². The van der Waals surface area contributed by atoms with E-state index in [0.717, 1.165) is 43.0 Å². The molecule has 0 aliphatic heterocycles. The molecule has 0 bridgehead atoms. The lowest BCUT2D eigenvalue weighted by atomic mass is 9.98. The van der Waals surface area contributed by atoms with Crippen molar-refractivity contribution in [2.75, 3.05) is 11.1 Å². The first-order valence-electron chi connectivity index (χ1n) is 13.4. The standard InChI is InChI=1S/C34H21Br2N5O2S/c35-25-15-11-22(12-16-25)30-31(23-13-17-26(36)18-14-23)40-41-34(39-30)44-20-28(42)38-33-27(19-37)29(21-7-3-1-4-8-21)32(43-33)24-9-5-2-6-10-24/h1-18H,20H2,(H,38,42). The molecule has 0 spiro atoms. The maximum atomic E-state index is 13.2. The van der Waals surface area contributed by atoms with Crippen molar-refractivity contribution in [1.29, 1.82) is 5.26 Å². The molecule has 0 saturated heterocycles. The highest BCUT2D eigenvalue weighted by molar-refractivity contribution is 9.10. The zero-order valence-electron chi connectivity index (χ0n) is 22.9. The molecule has 7 nitrogen and oxygen atoms in total. The van der Waals surface area contributed by atoms with Crippen LogP contribution in [0.25, 0.3) is 45.0 Å². The van der Waals surface area contributed by atoms with Gasteiger partial charge in [-0.15, -0.1) is 10.2 Å². The Morgan fingerprint density at radius 3 is 1.91 bits per heavy atom. The smallest absolute Gasteiger partial charge is 0.237 e. The van der Waals surface area contributed by atoms with Crippen LogP contribution in [0.4, 0.5) is 5.88 Å². The van der Waals surface area contributed by atoms with Crippen LogP contribution in [0.5, 0.6) is 0 Å². The molecule has 2 aromatic heterocycles. The summed E-state index contributed by atoms with van der Waals surface area (Å²) in [5.74, 6) is 0.208. The van der Waals surface area contributed by atoms with E-state index >= 15 is 0 Å². The zero-order valence-corrected chi connectivity index (χ0v) is 26.9. The lowest BCUT2D eigenvalue weighted by Crippen LogP contribution is -2.14. The summed E-state index contributed by atoms with van der Waals surface area (Å²) in [6.07, 6.45) is 0. The van der Waals surface area contributed by atoms with Gasteiger partial charge in [0.1, 0.15) is 28.8 Å². The van der Waals surface area contributed by atoms with Crippen molar-refractivity contribution in [3.63, 3.8) is 0 Å². The molecule has 1 N–H and O–H groups in total. The Kier molecular flexibility index (Phi) is 8.98. The molecule has 10 heteroatoms. The van der Waals surface area contributed by atoms with Gasteiger partial charge in [-0.05, 0) is 29.8 Å². The van der Waals surface area contributed by atoms with E-state index in [4.69, 9.17) is 9.40 Å². The van der Waals surface area contributed by atoms with Crippen LogP contribution >= 0.6 is 43.6 Å². The van der Waals surface area contributed by atoms with Crippen LogP contribution in [-0.2, 0) is 4.79 Å². The van der Waals surface area contributed by atoms with Crippen LogP contribution in [0.15, 0.2) is 128 Å². The van der Waals surface area contributed by atoms with Crippen LogP contribution in [0.3, 0.4) is 0 Å². The van der Waals surface area contributed by atoms with Crippen molar-refractivity contribution in [1.82, 2.24) is 15.2 Å². The molecule has 44 heavy (non-hydrogen) atoms. The molecule has 0 saturated carbocycles. The summed E-state index contributed by atoms with van der Waals surface area (Å²) in [4.78, 5) is 18.0. The predicted molar refractivity (Wildman–Crippen MR) is 180 cm³/mol. The average molecular weight is 723 g/mol. The van der Waals surface area contributed by atoms with Crippen LogP contribution in [-0.4, -0.2) is 26.8 Å². The monoisotopic (exact) mass is 721 g/mol. The number of anilines is 1. The molecule has 1 amide bonds. The number of nitriles is 1. The first-order valence-corrected chi connectivity index (χ1v) is 15.9. The zero-order chi connectivity index (χ0) is 30.5. The van der Waals surface area contributed by atoms with Gasteiger partial charge in [0.15, 0.2) is 0 Å². The van der Waals surface area contributed by atoms with Crippen LogP contribution in [0.2, 0.25) is 0 Å². The Morgan fingerprint density at radius 1 is 0.750 bits per heavy atom. The number of hydrogen-bond donors (Lipinski definition) is 1. The highest BCUT2D eigenvalue weighted by Gasteiger charge is 2.24. The first-order chi connectivity index (χ1) is 21.5. The number of aromatic nitrogens is 3. The van der Waals surface area contributed by atoms with Gasteiger partial charge < -0.3 is 4.42 Å². The summed E-state index contributed by atoms with van der Waals surface area (Å²) in [5.41, 5.74) is 5.49. The van der Waals surface area contributed by atoms with E-state index in [1.807, 2.05) is 109 Å². The number of furan rings is 1. The molecule has 4 aromatic carbocycles. The number of amides is 1. The topological polar surface area (TPSA) is 105 Å². The van der Waals surface area contributed by atoms with Gasteiger partial charge in [0.05, 0.1) is 5.75 Å². The number of hydrogen-bond acceptors (Lipinski definition) is 7. The lowest BCUT2D eigenvalue weighted by Gasteiger charge is -2.10. The summed E-state index contributed by atoms with van der Waals surface area (Å²) in [7, 11) is 0. The van der Waals surface area contributed by atoms with Crippen molar-refractivity contribution in [2.24, 2.45) is 0 Å². The third-order valence-electron chi connectivity index (χ3n) is 6.61. The maximum absolute atomic E-state index is 13.2. The van der Waals surface area contributed by atoms with E-state index in [2.05, 4.69) is 53.4 Å². The van der Waals surface area contributed by atoms with E-state index in [1.165, 1.54) is 0 Å². The van der Waals surface area contributed by atoms with E-state index in [0.29, 0.717) is 27.9 Å². The molecule has 2 heterocycles. The molecule has 214 valence electrons. The summed E-state index contributed by atoms with van der Waals surface area (Å²) in [6.45, 7) is 0. The van der Waals surface area contributed by atoms with Gasteiger partial charge in [-0.25, -0.2) is 4.98 Å². The summed E-state index contributed by atoms with van der Waals surface area (Å²) >= 11 is 8.10. The van der Waals surface area contributed by atoms with E-state index < -0.39 is 0 Å². The quantitative estimate of drug-likeness (QED) is 0.156. The highest BCUT2D eigenvalue weighted by Crippen LogP contribution is 2.41. The van der Waals surface area contributed by atoms with Crippen LogP contribution in [0.1, 0.15) is 5.56 Å². The van der Waals surface area contributed by atoms with Crippen molar-refractivity contribution in [2.45, 2.75) is 5.16 Å². The number of rotatable bonds is 8. The number of halogens is 2. The Labute approximate surface area is 274 Å². The highest BCUT2D eigenvalue weighted by atomic mass is 79.9. The van der Waals surface area contributed by atoms with Gasteiger partial charge in [0.25, 0.3) is 0 Å². The number of nitrogens with zero attached hydrogens (tertiary/aromatic N) is 4. The number of nitrogens with one attached hydrogen (secondary N) is 1. The second kappa shape index (κ2) is 13.4. The molecule has 0 fully saturated rings. The molecule has 0 unspecified atom stereocenters. The number of benzene rings is 4. The lowest BCUT2D eigenvalue weighted by molar-refractivity contribution is -0.113. The number of thioether (sulfide) groups is 1. The minimum absolute atomic E-state index is 0.0218. The van der Waals surface area contributed by atoms with Crippen molar-refractivity contribution in [3.8, 4) is 51.0 Å².